The van der Waals surface area contributed by atoms with Gasteiger partial charge in [-0.25, -0.2) is 0 Å². The molecule has 0 aromatic heterocycles. The van der Waals surface area contributed by atoms with Crippen molar-refractivity contribution in [3.63, 3.8) is 0 Å². The lowest BCUT2D eigenvalue weighted by molar-refractivity contribution is -0.119. The van der Waals surface area contributed by atoms with E-state index in [1.165, 1.54) is 0 Å². The lowest BCUT2D eigenvalue weighted by Crippen LogP contribution is -2.43. The Kier molecular flexibility index (Phi) is 4.79. The molecule has 0 unspecified atom stereocenters. The molecule has 2 aromatic carbocycles. The minimum atomic E-state index is -0.441. The third kappa shape index (κ3) is 3.40. The number of carbonyl (C=O) groups is 2. The van der Waals surface area contributed by atoms with Gasteiger partial charge in [-0.2, -0.15) is 0 Å². The number of likely N-dealkylation sites (tertiary alicyclic amines) is 1. The van der Waals surface area contributed by atoms with E-state index in [0.29, 0.717) is 24.3 Å². The molecule has 0 bridgehead atoms. The average Bonchev–Trinajstić information content (AvgIpc) is 3.12. The van der Waals surface area contributed by atoms with Crippen LogP contribution in [0, 0.1) is 0 Å². The van der Waals surface area contributed by atoms with Crippen molar-refractivity contribution < 1.29 is 14.3 Å². The van der Waals surface area contributed by atoms with Gasteiger partial charge in [0.25, 0.3) is 5.91 Å². The Bertz CT molecular complexity index is 730. The van der Waals surface area contributed by atoms with E-state index in [2.05, 4.69) is 5.32 Å². The normalized spacial score (nSPS) is 16.7. The molecule has 24 heavy (non-hydrogen) atoms. The highest BCUT2D eigenvalue weighted by molar-refractivity contribution is 6.01. The molecular weight excluding hydrogens is 304 g/mol. The summed E-state index contributed by atoms with van der Waals surface area (Å²) in [6.45, 7) is 0.586. The van der Waals surface area contributed by atoms with Crippen LogP contribution in [0.15, 0.2) is 54.6 Å². The molecule has 0 spiro atoms. The molecule has 2 aromatic rings. The molecule has 3 rings (SSSR count). The zero-order valence-electron chi connectivity index (χ0n) is 13.6. The van der Waals surface area contributed by atoms with Crippen LogP contribution in [0.25, 0.3) is 0 Å². The second kappa shape index (κ2) is 7.17. The second-order valence-corrected chi connectivity index (χ2v) is 5.74. The first-order valence-electron chi connectivity index (χ1n) is 8.00. The predicted octanol–water partition coefficient (Wildman–Crippen LogP) is 2.94. The van der Waals surface area contributed by atoms with Crippen molar-refractivity contribution in [1.29, 1.82) is 0 Å². The van der Waals surface area contributed by atoms with E-state index in [4.69, 9.17) is 4.74 Å². The fraction of sp³-hybridized carbons (Fsp3) is 0.263. The zero-order chi connectivity index (χ0) is 16.9. The number of hydrogen-bond acceptors (Lipinski definition) is 3. The fourth-order valence-corrected chi connectivity index (χ4v) is 2.95. The van der Waals surface area contributed by atoms with Crippen LogP contribution < -0.4 is 10.1 Å². The van der Waals surface area contributed by atoms with Gasteiger partial charge < -0.3 is 15.0 Å². The second-order valence-electron chi connectivity index (χ2n) is 5.74. The van der Waals surface area contributed by atoms with Gasteiger partial charge in [0.1, 0.15) is 11.8 Å². The van der Waals surface area contributed by atoms with E-state index in [9.17, 15) is 9.59 Å². The Morgan fingerprint density at radius 2 is 1.92 bits per heavy atom. The molecule has 5 heteroatoms. The van der Waals surface area contributed by atoms with E-state index in [1.54, 1.807) is 36.3 Å². The lowest BCUT2D eigenvalue weighted by atomic mass is 10.1. The molecule has 1 N–H and O–H groups in total. The summed E-state index contributed by atoms with van der Waals surface area (Å²) in [6.07, 6.45) is 1.50. The minimum Gasteiger partial charge on any atom is -0.497 e. The standard InChI is InChI=1S/C19H20N2O3/c1-24-16-10-5-7-14(13-16)19(23)21-12-6-11-17(21)18(22)20-15-8-3-2-4-9-15/h2-5,7-10,13,17H,6,11-12H2,1H3,(H,20,22)/t17-/m1/s1. The number of rotatable bonds is 4. The van der Waals surface area contributed by atoms with Gasteiger partial charge in [0.05, 0.1) is 7.11 Å². The zero-order valence-corrected chi connectivity index (χ0v) is 13.6. The van der Waals surface area contributed by atoms with Crippen molar-refractivity contribution in [2.24, 2.45) is 0 Å². The summed E-state index contributed by atoms with van der Waals surface area (Å²) in [4.78, 5) is 27.0. The minimum absolute atomic E-state index is 0.139. The first-order chi connectivity index (χ1) is 11.7. The SMILES string of the molecule is COc1cccc(C(=O)N2CCC[C@@H]2C(=O)Nc2ccccc2)c1. The van der Waals surface area contributed by atoms with Crippen molar-refractivity contribution in [3.05, 3.63) is 60.2 Å². The van der Waals surface area contributed by atoms with Crippen LogP contribution in [0.2, 0.25) is 0 Å². The maximum Gasteiger partial charge on any atom is 0.254 e. The van der Waals surface area contributed by atoms with Crippen LogP contribution in [0.5, 0.6) is 5.75 Å². The number of para-hydroxylation sites is 1. The van der Waals surface area contributed by atoms with Gasteiger partial charge in [-0.05, 0) is 43.2 Å². The highest BCUT2D eigenvalue weighted by Crippen LogP contribution is 2.23. The van der Waals surface area contributed by atoms with Crippen molar-refractivity contribution >= 4 is 17.5 Å². The Morgan fingerprint density at radius 1 is 1.12 bits per heavy atom. The van der Waals surface area contributed by atoms with Gasteiger partial charge in [-0.15, -0.1) is 0 Å². The number of ether oxygens (including phenoxy) is 1. The van der Waals surface area contributed by atoms with Crippen LogP contribution in [0.1, 0.15) is 23.2 Å². The van der Waals surface area contributed by atoms with Gasteiger partial charge in [-0.1, -0.05) is 24.3 Å². The summed E-state index contributed by atoms with van der Waals surface area (Å²) in [7, 11) is 1.57. The molecule has 1 saturated heterocycles. The monoisotopic (exact) mass is 324 g/mol. The number of methoxy groups -OCH3 is 1. The third-order valence-electron chi connectivity index (χ3n) is 4.17. The van der Waals surface area contributed by atoms with E-state index >= 15 is 0 Å². The quantitative estimate of drug-likeness (QED) is 0.941. The number of anilines is 1. The summed E-state index contributed by atoms with van der Waals surface area (Å²) >= 11 is 0. The Balaban J connectivity index is 1.74. The van der Waals surface area contributed by atoms with E-state index < -0.39 is 6.04 Å². The summed E-state index contributed by atoms with van der Waals surface area (Å²) < 4.78 is 5.17. The van der Waals surface area contributed by atoms with Crippen LogP contribution in [0.4, 0.5) is 5.69 Å². The molecule has 0 aliphatic carbocycles. The third-order valence-corrected chi connectivity index (χ3v) is 4.17. The van der Waals surface area contributed by atoms with Crippen LogP contribution in [0.3, 0.4) is 0 Å². The number of hydrogen-bond donors (Lipinski definition) is 1. The maximum atomic E-state index is 12.8. The Hall–Kier alpha value is -2.82. The average molecular weight is 324 g/mol. The number of amides is 2. The molecule has 5 nitrogen and oxygen atoms in total. The molecule has 124 valence electrons. The maximum absolute atomic E-state index is 12.8. The molecular formula is C19H20N2O3. The van der Waals surface area contributed by atoms with Gasteiger partial charge in [-0.3, -0.25) is 9.59 Å². The van der Waals surface area contributed by atoms with Crippen LogP contribution >= 0.6 is 0 Å². The van der Waals surface area contributed by atoms with Gasteiger partial charge >= 0.3 is 0 Å². The predicted molar refractivity (Wildman–Crippen MR) is 92.1 cm³/mol. The van der Waals surface area contributed by atoms with Gasteiger partial charge in [0.2, 0.25) is 5.91 Å². The van der Waals surface area contributed by atoms with Crippen LogP contribution in [-0.2, 0) is 4.79 Å². The van der Waals surface area contributed by atoms with Gasteiger partial charge in [0, 0.05) is 17.8 Å². The molecule has 1 aliphatic heterocycles. The van der Waals surface area contributed by atoms with E-state index in [1.807, 2.05) is 30.3 Å². The first-order valence-corrected chi connectivity index (χ1v) is 8.00. The number of carbonyl (C=O) groups excluding carboxylic acids is 2. The molecule has 1 fully saturated rings. The van der Waals surface area contributed by atoms with Crippen molar-refractivity contribution in [3.8, 4) is 5.75 Å². The first kappa shape index (κ1) is 16.1. The number of nitrogens with one attached hydrogen (secondary N) is 1. The lowest BCUT2D eigenvalue weighted by Gasteiger charge is -2.24. The highest BCUT2D eigenvalue weighted by Gasteiger charge is 2.34. The van der Waals surface area contributed by atoms with E-state index in [-0.39, 0.29) is 11.8 Å². The molecule has 0 radical (unpaired) electrons. The smallest absolute Gasteiger partial charge is 0.254 e. The molecule has 0 saturated carbocycles. The summed E-state index contributed by atoms with van der Waals surface area (Å²) in [6, 6.07) is 15.9. The highest BCUT2D eigenvalue weighted by atomic mass is 16.5. The topological polar surface area (TPSA) is 58.6 Å². The van der Waals surface area contributed by atoms with Crippen molar-refractivity contribution in [2.75, 3.05) is 19.0 Å². The summed E-state index contributed by atoms with van der Waals surface area (Å²) in [5, 5.41) is 2.89. The van der Waals surface area contributed by atoms with Gasteiger partial charge in [0.15, 0.2) is 0 Å². The largest absolute Gasteiger partial charge is 0.497 e. The molecule has 1 atom stereocenters. The summed E-state index contributed by atoms with van der Waals surface area (Å²) in [5.74, 6) is 0.347. The van der Waals surface area contributed by atoms with Crippen LogP contribution in [-0.4, -0.2) is 36.4 Å². The summed E-state index contributed by atoms with van der Waals surface area (Å²) in [5.41, 5.74) is 1.27. The molecule has 2 amide bonds. The Morgan fingerprint density at radius 3 is 2.67 bits per heavy atom. The fourth-order valence-electron chi connectivity index (χ4n) is 2.95. The number of benzene rings is 2. The molecule has 1 aliphatic rings. The number of nitrogens with zero attached hydrogens (tertiary/aromatic N) is 1. The van der Waals surface area contributed by atoms with E-state index in [0.717, 1.165) is 12.1 Å². The van der Waals surface area contributed by atoms with Crippen molar-refractivity contribution in [1.82, 2.24) is 4.90 Å². The molecule has 1 heterocycles. The van der Waals surface area contributed by atoms with Crippen molar-refractivity contribution in [2.45, 2.75) is 18.9 Å². The Labute approximate surface area is 141 Å².